The molecule has 1 N–H and O–H groups in total. The number of aromatic nitrogens is 2. The third-order valence-electron chi connectivity index (χ3n) is 5.75. The van der Waals surface area contributed by atoms with Crippen LogP contribution in [0.5, 0.6) is 5.75 Å². The van der Waals surface area contributed by atoms with Crippen molar-refractivity contribution < 1.29 is 9.53 Å². The number of fused-ring (bicyclic) bond motifs is 1. The summed E-state index contributed by atoms with van der Waals surface area (Å²) < 4.78 is 9.16. The lowest BCUT2D eigenvalue weighted by Gasteiger charge is -2.12. The molecule has 0 unspecified atom stereocenters. The Kier molecular flexibility index (Phi) is 7.45. The molecule has 0 saturated carbocycles. The third kappa shape index (κ3) is 5.82. The van der Waals surface area contributed by atoms with E-state index in [4.69, 9.17) is 9.72 Å². The highest BCUT2D eigenvalue weighted by Gasteiger charge is 2.11. The molecule has 0 bridgehead atoms. The fourth-order valence-electron chi connectivity index (χ4n) is 3.77. The zero-order valence-corrected chi connectivity index (χ0v) is 20.6. The van der Waals surface area contributed by atoms with Crippen LogP contribution in [0.25, 0.3) is 11.0 Å². The van der Waals surface area contributed by atoms with E-state index in [1.54, 1.807) is 0 Å². The molecule has 0 aliphatic rings. The Morgan fingerprint density at radius 2 is 1.82 bits per heavy atom. The van der Waals surface area contributed by atoms with E-state index in [0.29, 0.717) is 25.1 Å². The summed E-state index contributed by atoms with van der Waals surface area (Å²) in [5, 5.41) is 3.00. The molecule has 1 heterocycles. The topological polar surface area (TPSA) is 56.1 Å². The van der Waals surface area contributed by atoms with Gasteiger partial charge in [-0.05, 0) is 79.9 Å². The quantitative estimate of drug-likeness (QED) is 0.290. The van der Waals surface area contributed by atoms with Gasteiger partial charge >= 0.3 is 0 Å². The Morgan fingerprint density at radius 1 is 1.03 bits per heavy atom. The number of aryl methyl sites for hydroxylation is 3. The lowest BCUT2D eigenvalue weighted by Crippen LogP contribution is -2.26. The summed E-state index contributed by atoms with van der Waals surface area (Å²) in [6, 6.07) is 21.7. The zero-order valence-electron chi connectivity index (χ0n) is 19.0. The smallest absolute Gasteiger partial charge is 0.251 e. The van der Waals surface area contributed by atoms with Gasteiger partial charge in [-0.15, -0.1) is 0 Å². The second-order valence-corrected chi connectivity index (χ2v) is 9.04. The predicted molar refractivity (Wildman–Crippen MR) is 136 cm³/mol. The van der Waals surface area contributed by atoms with Crippen molar-refractivity contribution in [2.24, 2.45) is 0 Å². The van der Waals surface area contributed by atoms with E-state index in [1.165, 1.54) is 11.1 Å². The van der Waals surface area contributed by atoms with Crippen LogP contribution in [0, 0.1) is 13.8 Å². The summed E-state index contributed by atoms with van der Waals surface area (Å²) >= 11 is 3.40. The van der Waals surface area contributed by atoms with E-state index >= 15 is 0 Å². The monoisotopic (exact) mass is 505 g/mol. The number of ether oxygens (including phenoxy) is 1. The standard InChI is InChI=1S/C27H28BrN3O2/c1-19-8-13-23(18-20(19)2)33-17-5-16-31-25-7-4-3-6-24(25)30-26(31)14-15-29-27(32)21-9-11-22(28)12-10-21/h3-4,6-13,18H,5,14-17H2,1-2H3,(H,29,32). The van der Waals surface area contributed by atoms with Crippen molar-refractivity contribution in [2.75, 3.05) is 13.2 Å². The van der Waals surface area contributed by atoms with Gasteiger partial charge in [0.1, 0.15) is 11.6 Å². The van der Waals surface area contributed by atoms with Crippen LogP contribution in [0.15, 0.2) is 71.2 Å². The average Bonchev–Trinajstić information content (AvgIpc) is 3.16. The number of amides is 1. The minimum absolute atomic E-state index is 0.0769. The van der Waals surface area contributed by atoms with E-state index in [1.807, 2.05) is 48.5 Å². The first-order valence-electron chi connectivity index (χ1n) is 11.2. The molecule has 0 fully saturated rings. The number of rotatable bonds is 9. The van der Waals surface area contributed by atoms with Crippen molar-refractivity contribution in [2.45, 2.75) is 33.2 Å². The summed E-state index contributed by atoms with van der Waals surface area (Å²) in [5.41, 5.74) is 5.24. The third-order valence-corrected chi connectivity index (χ3v) is 6.28. The number of carbonyl (C=O) groups is 1. The number of imidazole rings is 1. The maximum absolute atomic E-state index is 12.4. The van der Waals surface area contributed by atoms with Crippen LogP contribution >= 0.6 is 15.9 Å². The van der Waals surface area contributed by atoms with E-state index in [9.17, 15) is 4.79 Å². The lowest BCUT2D eigenvalue weighted by molar-refractivity contribution is 0.0954. The van der Waals surface area contributed by atoms with Gasteiger partial charge in [-0.2, -0.15) is 0 Å². The van der Waals surface area contributed by atoms with Gasteiger partial charge in [0.25, 0.3) is 5.91 Å². The van der Waals surface area contributed by atoms with E-state index < -0.39 is 0 Å². The summed E-state index contributed by atoms with van der Waals surface area (Å²) in [6.45, 7) is 6.17. The van der Waals surface area contributed by atoms with Crippen molar-refractivity contribution in [1.82, 2.24) is 14.9 Å². The highest BCUT2D eigenvalue weighted by atomic mass is 79.9. The van der Waals surface area contributed by atoms with E-state index in [-0.39, 0.29) is 5.91 Å². The normalized spacial score (nSPS) is 11.0. The molecule has 6 heteroatoms. The first-order chi connectivity index (χ1) is 16.0. The van der Waals surface area contributed by atoms with Gasteiger partial charge in [0.15, 0.2) is 0 Å². The number of nitrogens with zero attached hydrogens (tertiary/aromatic N) is 2. The molecule has 4 rings (SSSR count). The molecule has 0 aliphatic carbocycles. The predicted octanol–water partition coefficient (Wildman–Crippen LogP) is 5.86. The molecule has 33 heavy (non-hydrogen) atoms. The fraction of sp³-hybridized carbons (Fsp3) is 0.259. The molecular formula is C27H28BrN3O2. The highest BCUT2D eigenvalue weighted by molar-refractivity contribution is 9.10. The highest BCUT2D eigenvalue weighted by Crippen LogP contribution is 2.19. The molecule has 4 aromatic rings. The molecule has 0 saturated heterocycles. The lowest BCUT2D eigenvalue weighted by atomic mass is 10.1. The van der Waals surface area contributed by atoms with Gasteiger partial charge < -0.3 is 14.6 Å². The van der Waals surface area contributed by atoms with Gasteiger partial charge in [-0.1, -0.05) is 34.1 Å². The molecule has 0 radical (unpaired) electrons. The number of halogens is 1. The van der Waals surface area contributed by atoms with Crippen LogP contribution in [0.4, 0.5) is 0 Å². The first kappa shape index (κ1) is 23.1. The van der Waals surface area contributed by atoms with Gasteiger partial charge in [0.05, 0.1) is 17.6 Å². The maximum Gasteiger partial charge on any atom is 0.251 e. The second-order valence-electron chi connectivity index (χ2n) is 8.13. The Hall–Kier alpha value is -3.12. The van der Waals surface area contributed by atoms with Gasteiger partial charge in [-0.25, -0.2) is 4.98 Å². The molecule has 1 aromatic heterocycles. The zero-order chi connectivity index (χ0) is 23.2. The molecule has 0 spiro atoms. The van der Waals surface area contributed by atoms with Gasteiger partial charge in [0, 0.05) is 29.5 Å². The fourth-order valence-corrected chi connectivity index (χ4v) is 4.04. The number of nitrogens with one attached hydrogen (secondary N) is 1. The van der Waals surface area contributed by atoms with Crippen molar-refractivity contribution in [1.29, 1.82) is 0 Å². The van der Waals surface area contributed by atoms with Crippen LogP contribution in [0.1, 0.15) is 33.7 Å². The Labute approximate surface area is 202 Å². The van der Waals surface area contributed by atoms with E-state index in [2.05, 4.69) is 57.9 Å². The van der Waals surface area contributed by atoms with Crippen molar-refractivity contribution in [3.05, 3.63) is 93.7 Å². The largest absolute Gasteiger partial charge is 0.494 e. The molecule has 1 amide bonds. The second kappa shape index (κ2) is 10.7. The molecule has 3 aromatic carbocycles. The Balaban J connectivity index is 1.37. The summed E-state index contributed by atoms with van der Waals surface area (Å²) in [5.74, 6) is 1.80. The molecule has 170 valence electrons. The molecule has 5 nitrogen and oxygen atoms in total. The van der Waals surface area contributed by atoms with Crippen LogP contribution in [0.3, 0.4) is 0 Å². The number of hydrogen-bond donors (Lipinski definition) is 1. The summed E-state index contributed by atoms with van der Waals surface area (Å²) in [4.78, 5) is 17.2. The Morgan fingerprint density at radius 3 is 2.61 bits per heavy atom. The average molecular weight is 506 g/mol. The van der Waals surface area contributed by atoms with Crippen LogP contribution < -0.4 is 10.1 Å². The van der Waals surface area contributed by atoms with Gasteiger partial charge in [-0.3, -0.25) is 4.79 Å². The molecule has 0 atom stereocenters. The number of benzene rings is 3. The van der Waals surface area contributed by atoms with E-state index in [0.717, 1.165) is 40.0 Å². The first-order valence-corrected chi connectivity index (χ1v) is 12.0. The van der Waals surface area contributed by atoms with Crippen LogP contribution in [-0.4, -0.2) is 28.6 Å². The van der Waals surface area contributed by atoms with Crippen molar-refractivity contribution in [3.63, 3.8) is 0 Å². The number of hydrogen-bond acceptors (Lipinski definition) is 3. The maximum atomic E-state index is 12.4. The molecule has 0 aliphatic heterocycles. The molecular weight excluding hydrogens is 478 g/mol. The number of carbonyl (C=O) groups excluding carboxylic acids is 1. The number of para-hydroxylation sites is 2. The summed E-state index contributed by atoms with van der Waals surface area (Å²) in [7, 11) is 0. The van der Waals surface area contributed by atoms with Crippen molar-refractivity contribution in [3.8, 4) is 5.75 Å². The van der Waals surface area contributed by atoms with Gasteiger partial charge in [0.2, 0.25) is 0 Å². The van der Waals surface area contributed by atoms with Crippen molar-refractivity contribution >= 4 is 32.9 Å². The Bertz CT molecular complexity index is 1250. The van der Waals surface area contributed by atoms with Crippen LogP contribution in [-0.2, 0) is 13.0 Å². The minimum atomic E-state index is -0.0769. The SMILES string of the molecule is Cc1ccc(OCCCn2c(CCNC(=O)c3ccc(Br)cc3)nc3ccccc32)cc1C. The minimum Gasteiger partial charge on any atom is -0.494 e. The summed E-state index contributed by atoms with van der Waals surface area (Å²) in [6.07, 6.45) is 1.53. The van der Waals surface area contributed by atoms with Crippen LogP contribution in [0.2, 0.25) is 0 Å².